The van der Waals surface area contributed by atoms with E-state index in [2.05, 4.69) is 22.5 Å². The summed E-state index contributed by atoms with van der Waals surface area (Å²) in [6.07, 6.45) is 4.95. The van der Waals surface area contributed by atoms with Crippen molar-refractivity contribution in [3.8, 4) is 11.4 Å². The molecule has 0 aliphatic heterocycles. The van der Waals surface area contributed by atoms with Gasteiger partial charge in [0.05, 0.1) is 9.79 Å². The minimum atomic E-state index is -3.74. The number of nitrogens with one attached hydrogen (secondary N) is 1. The number of aromatic nitrogens is 3. The number of hydrogen-bond acceptors (Lipinski definition) is 7. The zero-order valence-corrected chi connectivity index (χ0v) is 20.6. The summed E-state index contributed by atoms with van der Waals surface area (Å²) >= 11 is 0. The molecular weight excluding hydrogens is 478 g/mol. The smallest absolute Gasteiger partial charge is 0.265 e. The normalized spacial score (nSPS) is 15.6. The van der Waals surface area contributed by atoms with Crippen molar-refractivity contribution in [1.82, 2.24) is 20.4 Å². The van der Waals surface area contributed by atoms with Crippen molar-refractivity contribution in [3.05, 3.63) is 71.8 Å². The summed E-state index contributed by atoms with van der Waals surface area (Å²) in [6.45, 7) is 2.09. The number of carbonyl (C=O) groups is 1. The van der Waals surface area contributed by atoms with Gasteiger partial charge in [0.1, 0.15) is 22.5 Å². The zero-order chi connectivity index (χ0) is 25.5. The Labute approximate surface area is 208 Å². The van der Waals surface area contributed by atoms with Gasteiger partial charge in [0.25, 0.3) is 5.91 Å². The van der Waals surface area contributed by atoms with E-state index in [1.807, 2.05) is 0 Å². The number of nitrogens with two attached hydrogens (primary N) is 1. The first-order chi connectivity index (χ1) is 17.2. The molecular formula is C26H27N5O4S. The lowest BCUT2D eigenvalue weighted by molar-refractivity contribution is 0.0953. The van der Waals surface area contributed by atoms with E-state index in [1.54, 1.807) is 30.3 Å². The summed E-state index contributed by atoms with van der Waals surface area (Å²) in [7, 11) is -3.74. The third-order valence-electron chi connectivity index (χ3n) is 7.02. The van der Waals surface area contributed by atoms with Crippen LogP contribution in [0, 0.1) is 0 Å². The lowest BCUT2D eigenvalue weighted by atomic mass is 9.70. The molecule has 36 heavy (non-hydrogen) atoms. The quantitative estimate of drug-likeness (QED) is 0.213. The van der Waals surface area contributed by atoms with Crippen molar-refractivity contribution in [2.75, 3.05) is 0 Å². The topological polar surface area (TPSA) is 140 Å². The van der Waals surface area contributed by atoms with E-state index < -0.39 is 15.7 Å². The van der Waals surface area contributed by atoms with E-state index in [0.29, 0.717) is 16.6 Å². The summed E-state index contributed by atoms with van der Waals surface area (Å²) in [4.78, 5) is 14.0. The second-order valence-electron chi connectivity index (χ2n) is 9.44. The van der Waals surface area contributed by atoms with Crippen LogP contribution in [-0.4, -0.2) is 34.4 Å². The maximum atomic E-state index is 13.1. The Morgan fingerprint density at radius 1 is 0.972 bits per heavy atom. The molecule has 1 heterocycles. The van der Waals surface area contributed by atoms with Crippen molar-refractivity contribution in [1.29, 1.82) is 0 Å². The first-order valence-electron chi connectivity index (χ1n) is 11.8. The van der Waals surface area contributed by atoms with Gasteiger partial charge in [0.15, 0.2) is 0 Å². The highest BCUT2D eigenvalue weighted by molar-refractivity contribution is 7.91. The number of sulfone groups is 1. The molecule has 1 fully saturated rings. The van der Waals surface area contributed by atoms with Gasteiger partial charge in [-0.15, -0.1) is 15.0 Å². The van der Waals surface area contributed by atoms with Crippen LogP contribution in [-0.2, 0) is 15.3 Å². The number of phenols is 1. The maximum Gasteiger partial charge on any atom is 0.265 e. The van der Waals surface area contributed by atoms with Crippen LogP contribution in [0.3, 0.4) is 0 Å². The Hall–Kier alpha value is -3.76. The monoisotopic (exact) mass is 505 g/mol. The van der Waals surface area contributed by atoms with Crippen molar-refractivity contribution in [3.63, 3.8) is 0 Å². The molecule has 10 heteroatoms. The number of rotatable bonds is 5. The van der Waals surface area contributed by atoms with Gasteiger partial charge in [0, 0.05) is 11.1 Å². The average molecular weight is 506 g/mol. The maximum absolute atomic E-state index is 13.1. The fourth-order valence-electron chi connectivity index (χ4n) is 4.95. The second kappa shape index (κ2) is 9.03. The molecule has 5 rings (SSSR count). The molecule has 4 N–H and O–H groups in total. The Morgan fingerprint density at radius 3 is 2.36 bits per heavy atom. The standard InChI is InChI=1S/C26H27N5O4S/c1-26(12-6-3-7-13-26)20-14-17(25(33)28-27)15-23(24(20)32)31-29-21-11-10-19(16-22(21)30-31)36(34,35)18-8-4-2-5-9-18/h2,4-5,8-11,14-16,32H,3,6-7,12-13,27H2,1H3,(H,28,33). The van der Waals surface area contributed by atoms with Gasteiger partial charge in [-0.1, -0.05) is 44.4 Å². The van der Waals surface area contributed by atoms with Gasteiger partial charge in [0.2, 0.25) is 9.84 Å². The summed E-state index contributed by atoms with van der Waals surface area (Å²) in [5, 5.41) is 20.3. The van der Waals surface area contributed by atoms with Crippen LogP contribution in [0.2, 0.25) is 0 Å². The van der Waals surface area contributed by atoms with Crippen LogP contribution < -0.4 is 11.3 Å². The van der Waals surface area contributed by atoms with Gasteiger partial charge in [-0.25, -0.2) is 14.3 Å². The molecule has 0 spiro atoms. The fourth-order valence-corrected chi connectivity index (χ4v) is 6.25. The van der Waals surface area contributed by atoms with Gasteiger partial charge >= 0.3 is 0 Å². The summed E-state index contributed by atoms with van der Waals surface area (Å²) in [5.41, 5.74) is 3.77. The molecule has 1 aromatic heterocycles. The third-order valence-corrected chi connectivity index (χ3v) is 8.79. The van der Waals surface area contributed by atoms with Gasteiger partial charge in [-0.3, -0.25) is 10.2 Å². The lowest BCUT2D eigenvalue weighted by Crippen LogP contribution is -2.31. The zero-order valence-electron chi connectivity index (χ0n) is 19.8. The number of benzene rings is 3. The number of hydrogen-bond donors (Lipinski definition) is 3. The number of hydrazine groups is 1. The predicted molar refractivity (Wildman–Crippen MR) is 135 cm³/mol. The Bertz CT molecular complexity index is 1560. The molecule has 0 bridgehead atoms. The number of carbonyl (C=O) groups excluding carboxylic acids is 1. The molecule has 1 aliphatic rings. The summed E-state index contributed by atoms with van der Waals surface area (Å²) < 4.78 is 26.1. The molecule has 1 amide bonds. The molecule has 1 aliphatic carbocycles. The minimum absolute atomic E-state index is 0.00888. The Balaban J connectivity index is 1.64. The molecule has 186 valence electrons. The second-order valence-corrected chi connectivity index (χ2v) is 11.4. The van der Waals surface area contributed by atoms with Crippen LogP contribution in [0.4, 0.5) is 0 Å². The molecule has 1 saturated carbocycles. The number of aromatic hydroxyl groups is 1. The highest BCUT2D eigenvalue weighted by Gasteiger charge is 2.33. The van der Waals surface area contributed by atoms with Crippen molar-refractivity contribution < 1.29 is 18.3 Å². The van der Waals surface area contributed by atoms with Crippen molar-refractivity contribution >= 4 is 26.8 Å². The van der Waals surface area contributed by atoms with Gasteiger partial charge in [-0.2, -0.15) is 0 Å². The van der Waals surface area contributed by atoms with E-state index >= 15 is 0 Å². The molecule has 0 unspecified atom stereocenters. The van der Waals surface area contributed by atoms with Crippen molar-refractivity contribution in [2.24, 2.45) is 5.84 Å². The number of fused-ring (bicyclic) bond motifs is 1. The van der Waals surface area contributed by atoms with E-state index in [9.17, 15) is 18.3 Å². The van der Waals surface area contributed by atoms with Crippen LogP contribution in [0.15, 0.2) is 70.5 Å². The number of nitrogens with zero attached hydrogens (tertiary/aromatic N) is 3. The molecule has 0 saturated heterocycles. The fraction of sp³-hybridized carbons (Fsp3) is 0.269. The van der Waals surface area contributed by atoms with Crippen LogP contribution >= 0.6 is 0 Å². The third kappa shape index (κ3) is 4.12. The highest BCUT2D eigenvalue weighted by Crippen LogP contribution is 2.45. The summed E-state index contributed by atoms with van der Waals surface area (Å²) in [5.74, 6) is 4.90. The predicted octanol–water partition coefficient (Wildman–Crippen LogP) is 3.78. The Morgan fingerprint density at radius 2 is 1.67 bits per heavy atom. The van der Waals surface area contributed by atoms with Crippen molar-refractivity contribution in [2.45, 2.75) is 54.2 Å². The van der Waals surface area contributed by atoms with E-state index in [1.165, 1.54) is 35.1 Å². The number of phenolic OH excluding ortho intramolecular Hbond substituents is 1. The minimum Gasteiger partial charge on any atom is -0.505 e. The first-order valence-corrected chi connectivity index (χ1v) is 13.3. The largest absolute Gasteiger partial charge is 0.505 e. The van der Waals surface area contributed by atoms with E-state index in [4.69, 9.17) is 5.84 Å². The lowest BCUT2D eigenvalue weighted by Gasteiger charge is -2.35. The number of amides is 1. The molecule has 0 atom stereocenters. The summed E-state index contributed by atoms with van der Waals surface area (Å²) in [6, 6.07) is 15.8. The van der Waals surface area contributed by atoms with Gasteiger partial charge < -0.3 is 5.11 Å². The van der Waals surface area contributed by atoms with Gasteiger partial charge in [-0.05, 0) is 60.7 Å². The van der Waals surface area contributed by atoms with E-state index in [0.717, 1.165) is 32.1 Å². The Kier molecular flexibility index (Phi) is 6.01. The SMILES string of the molecule is CC1(c2cc(C(=O)NN)cc(-n3nc4ccc(S(=O)(=O)c5ccccc5)cc4n3)c2O)CCCCC1. The highest BCUT2D eigenvalue weighted by atomic mass is 32.2. The molecule has 9 nitrogen and oxygen atoms in total. The molecule has 3 aromatic carbocycles. The average Bonchev–Trinajstić information content (AvgIpc) is 3.32. The van der Waals surface area contributed by atoms with E-state index in [-0.39, 0.29) is 32.2 Å². The van der Waals surface area contributed by atoms with Crippen LogP contribution in [0.25, 0.3) is 16.7 Å². The van der Waals surface area contributed by atoms with Crippen LogP contribution in [0.5, 0.6) is 5.75 Å². The van der Waals surface area contributed by atoms with Crippen LogP contribution in [0.1, 0.15) is 54.9 Å². The number of nitrogen functional groups attached to an aromatic ring is 1. The molecule has 4 aromatic rings. The first kappa shape index (κ1) is 24.0. The molecule has 0 radical (unpaired) electrons.